The van der Waals surface area contributed by atoms with E-state index in [1.54, 1.807) is 18.2 Å². The minimum absolute atomic E-state index is 0.0725. The molecular weight excluding hydrogens is 332 g/mol. The van der Waals surface area contributed by atoms with E-state index in [-0.39, 0.29) is 12.5 Å². The molecule has 138 valence electrons. The zero-order valence-corrected chi connectivity index (χ0v) is 15.2. The van der Waals surface area contributed by atoms with Crippen molar-refractivity contribution in [3.63, 3.8) is 0 Å². The number of rotatable bonds is 8. The standard InChI is InChI=1S/C20H24N2O4/c1-20(2,15-7-5-4-6-8-15)19(24)22-12-14-9-10-16(17(11-14)25-3)26-13-18(21)23/h4-11H,12-13H2,1-3H3,(H2,21,23)(H,22,24). The molecule has 0 aliphatic rings. The summed E-state index contributed by atoms with van der Waals surface area (Å²) in [5, 5.41) is 2.95. The minimum atomic E-state index is -0.643. The van der Waals surface area contributed by atoms with E-state index in [9.17, 15) is 9.59 Å². The summed E-state index contributed by atoms with van der Waals surface area (Å²) in [5.74, 6) is 0.259. The van der Waals surface area contributed by atoms with E-state index in [0.717, 1.165) is 11.1 Å². The number of hydrogen-bond donors (Lipinski definition) is 2. The van der Waals surface area contributed by atoms with Crippen LogP contribution in [0.25, 0.3) is 0 Å². The van der Waals surface area contributed by atoms with Gasteiger partial charge in [0, 0.05) is 6.54 Å². The Labute approximate surface area is 153 Å². The van der Waals surface area contributed by atoms with E-state index in [2.05, 4.69) is 5.32 Å². The first kappa shape index (κ1) is 19.3. The topological polar surface area (TPSA) is 90.7 Å². The van der Waals surface area contributed by atoms with Crippen molar-refractivity contribution in [2.45, 2.75) is 25.8 Å². The molecule has 2 aromatic carbocycles. The Morgan fingerprint density at radius 2 is 1.77 bits per heavy atom. The molecule has 2 rings (SSSR count). The number of nitrogens with two attached hydrogens (primary N) is 1. The van der Waals surface area contributed by atoms with Gasteiger partial charge in [0.2, 0.25) is 5.91 Å². The van der Waals surface area contributed by atoms with Gasteiger partial charge in [0.15, 0.2) is 18.1 Å². The molecule has 26 heavy (non-hydrogen) atoms. The molecule has 0 saturated carbocycles. The Balaban J connectivity index is 2.04. The van der Waals surface area contributed by atoms with Gasteiger partial charge in [-0.25, -0.2) is 0 Å². The van der Waals surface area contributed by atoms with E-state index in [1.807, 2.05) is 44.2 Å². The summed E-state index contributed by atoms with van der Waals surface area (Å²) in [4.78, 5) is 23.5. The summed E-state index contributed by atoms with van der Waals surface area (Å²) in [7, 11) is 1.51. The third-order valence-electron chi connectivity index (χ3n) is 4.11. The van der Waals surface area contributed by atoms with Crippen LogP contribution in [0.1, 0.15) is 25.0 Å². The summed E-state index contributed by atoms with van der Waals surface area (Å²) in [6.07, 6.45) is 0. The Hall–Kier alpha value is -3.02. The van der Waals surface area contributed by atoms with Gasteiger partial charge in [-0.2, -0.15) is 0 Å². The normalized spacial score (nSPS) is 10.9. The minimum Gasteiger partial charge on any atom is -0.493 e. The molecule has 0 atom stereocenters. The van der Waals surface area contributed by atoms with Gasteiger partial charge in [-0.3, -0.25) is 9.59 Å². The second kappa shape index (κ2) is 8.38. The molecule has 0 fully saturated rings. The Kier molecular flexibility index (Phi) is 6.22. The van der Waals surface area contributed by atoms with Crippen LogP contribution in [-0.2, 0) is 21.5 Å². The van der Waals surface area contributed by atoms with Gasteiger partial charge in [-0.05, 0) is 37.1 Å². The van der Waals surface area contributed by atoms with Crippen LogP contribution in [0.3, 0.4) is 0 Å². The summed E-state index contributed by atoms with van der Waals surface area (Å²) in [6.45, 7) is 3.90. The van der Waals surface area contributed by atoms with Gasteiger partial charge in [0.05, 0.1) is 12.5 Å². The van der Waals surface area contributed by atoms with Crippen molar-refractivity contribution in [2.24, 2.45) is 5.73 Å². The lowest BCUT2D eigenvalue weighted by molar-refractivity contribution is -0.125. The lowest BCUT2D eigenvalue weighted by atomic mass is 9.84. The first-order valence-corrected chi connectivity index (χ1v) is 8.26. The Bertz CT molecular complexity index is 773. The van der Waals surface area contributed by atoms with Crippen LogP contribution in [0.4, 0.5) is 0 Å². The number of ether oxygens (including phenoxy) is 2. The SMILES string of the molecule is COc1cc(CNC(=O)C(C)(C)c2ccccc2)ccc1OCC(N)=O. The van der Waals surface area contributed by atoms with Gasteiger partial charge in [0.1, 0.15) is 0 Å². The first-order chi connectivity index (χ1) is 12.3. The van der Waals surface area contributed by atoms with Crippen LogP contribution in [0.2, 0.25) is 0 Å². The fourth-order valence-electron chi connectivity index (χ4n) is 2.48. The molecule has 0 heterocycles. The zero-order chi connectivity index (χ0) is 19.2. The van der Waals surface area contributed by atoms with Crippen molar-refractivity contribution in [2.75, 3.05) is 13.7 Å². The van der Waals surface area contributed by atoms with E-state index in [1.165, 1.54) is 7.11 Å². The van der Waals surface area contributed by atoms with Gasteiger partial charge >= 0.3 is 0 Å². The van der Waals surface area contributed by atoms with Crippen molar-refractivity contribution in [3.05, 3.63) is 59.7 Å². The molecule has 0 aliphatic carbocycles. The highest BCUT2D eigenvalue weighted by Crippen LogP contribution is 2.28. The van der Waals surface area contributed by atoms with Gasteiger partial charge < -0.3 is 20.5 Å². The summed E-state index contributed by atoms with van der Waals surface area (Å²) in [5.41, 5.74) is 6.24. The molecule has 0 saturated heterocycles. The molecule has 0 aliphatic heterocycles. The highest BCUT2D eigenvalue weighted by molar-refractivity contribution is 5.87. The third kappa shape index (κ3) is 4.75. The fraction of sp³-hybridized carbons (Fsp3) is 0.300. The molecule has 2 aromatic rings. The molecule has 0 radical (unpaired) electrons. The number of benzene rings is 2. The smallest absolute Gasteiger partial charge is 0.255 e. The van der Waals surface area contributed by atoms with Crippen molar-refractivity contribution in [3.8, 4) is 11.5 Å². The Morgan fingerprint density at radius 1 is 1.08 bits per heavy atom. The lowest BCUT2D eigenvalue weighted by Gasteiger charge is -2.24. The average Bonchev–Trinajstić information content (AvgIpc) is 2.65. The number of nitrogens with one attached hydrogen (secondary N) is 1. The number of carbonyl (C=O) groups excluding carboxylic acids is 2. The van der Waals surface area contributed by atoms with Crippen molar-refractivity contribution >= 4 is 11.8 Å². The van der Waals surface area contributed by atoms with Gasteiger partial charge in [-0.1, -0.05) is 36.4 Å². The molecule has 0 aromatic heterocycles. The maximum atomic E-state index is 12.6. The summed E-state index contributed by atoms with van der Waals surface area (Å²) >= 11 is 0. The molecule has 2 amide bonds. The van der Waals surface area contributed by atoms with Crippen LogP contribution >= 0.6 is 0 Å². The van der Waals surface area contributed by atoms with Gasteiger partial charge in [-0.15, -0.1) is 0 Å². The van der Waals surface area contributed by atoms with E-state index < -0.39 is 11.3 Å². The third-order valence-corrected chi connectivity index (χ3v) is 4.11. The first-order valence-electron chi connectivity index (χ1n) is 8.26. The van der Waals surface area contributed by atoms with Crippen molar-refractivity contribution in [1.82, 2.24) is 5.32 Å². The average molecular weight is 356 g/mol. The maximum Gasteiger partial charge on any atom is 0.255 e. The van der Waals surface area contributed by atoms with Crippen LogP contribution in [0.15, 0.2) is 48.5 Å². The fourth-order valence-corrected chi connectivity index (χ4v) is 2.48. The molecule has 0 spiro atoms. The number of amides is 2. The second-order valence-corrected chi connectivity index (χ2v) is 6.41. The highest BCUT2D eigenvalue weighted by atomic mass is 16.5. The molecule has 6 nitrogen and oxygen atoms in total. The maximum absolute atomic E-state index is 12.6. The second-order valence-electron chi connectivity index (χ2n) is 6.41. The van der Waals surface area contributed by atoms with Crippen LogP contribution < -0.4 is 20.5 Å². The largest absolute Gasteiger partial charge is 0.493 e. The van der Waals surface area contributed by atoms with Crippen LogP contribution in [0, 0.1) is 0 Å². The van der Waals surface area contributed by atoms with E-state index in [4.69, 9.17) is 15.2 Å². The zero-order valence-electron chi connectivity index (χ0n) is 15.2. The lowest BCUT2D eigenvalue weighted by Crippen LogP contribution is -2.39. The number of methoxy groups -OCH3 is 1. The molecule has 3 N–H and O–H groups in total. The van der Waals surface area contributed by atoms with E-state index >= 15 is 0 Å². The molecular formula is C20H24N2O4. The number of carbonyl (C=O) groups is 2. The summed E-state index contributed by atoms with van der Waals surface area (Å²) < 4.78 is 10.6. The monoisotopic (exact) mass is 356 g/mol. The van der Waals surface area contributed by atoms with Crippen LogP contribution in [0.5, 0.6) is 11.5 Å². The van der Waals surface area contributed by atoms with Crippen molar-refractivity contribution in [1.29, 1.82) is 0 Å². The molecule has 6 heteroatoms. The predicted octanol–water partition coefficient (Wildman–Crippen LogP) is 2.15. The van der Waals surface area contributed by atoms with Crippen molar-refractivity contribution < 1.29 is 19.1 Å². The quantitative estimate of drug-likeness (QED) is 0.758. The molecule has 0 unspecified atom stereocenters. The number of hydrogen-bond acceptors (Lipinski definition) is 4. The van der Waals surface area contributed by atoms with Gasteiger partial charge in [0.25, 0.3) is 5.91 Å². The van der Waals surface area contributed by atoms with E-state index in [0.29, 0.717) is 18.0 Å². The Morgan fingerprint density at radius 3 is 2.38 bits per heavy atom. The summed E-state index contributed by atoms with van der Waals surface area (Å²) in [6, 6.07) is 14.9. The molecule has 0 bridgehead atoms. The predicted molar refractivity (Wildman–Crippen MR) is 99.0 cm³/mol. The highest BCUT2D eigenvalue weighted by Gasteiger charge is 2.29. The number of primary amides is 1. The van der Waals surface area contributed by atoms with Crippen LogP contribution in [-0.4, -0.2) is 25.5 Å².